The molecule has 0 radical (unpaired) electrons. The summed E-state index contributed by atoms with van der Waals surface area (Å²) >= 11 is 0. The predicted octanol–water partition coefficient (Wildman–Crippen LogP) is 22.5. The Morgan fingerprint density at radius 2 is 0.610 bits per heavy atom. The molecule has 0 N–H and O–H groups in total. The van der Waals surface area contributed by atoms with Crippen LogP contribution in [-0.4, -0.2) is 0 Å². The van der Waals surface area contributed by atoms with E-state index in [4.69, 9.17) is 0 Å². The highest BCUT2D eigenvalue weighted by Crippen LogP contribution is 2.33. The quantitative estimate of drug-likeness (QED) is 0.161. The minimum atomic E-state index is 0. The molecule has 0 aliphatic rings. The molecule has 0 aliphatic heterocycles. The lowest BCUT2D eigenvalue weighted by Gasteiger charge is -2.28. The second-order valence-corrected chi connectivity index (χ2v) is 14.8. The number of aryl methyl sites for hydroxylation is 1. The molecule has 0 spiro atoms. The van der Waals surface area contributed by atoms with E-state index in [1.54, 1.807) is 0 Å². The second kappa shape index (κ2) is 60.0. The molecule has 3 aromatic carbocycles. The lowest BCUT2D eigenvalue weighted by molar-refractivity contribution is 0.240. The summed E-state index contributed by atoms with van der Waals surface area (Å²) < 4.78 is 0. The zero-order valence-corrected chi connectivity index (χ0v) is 43.9. The zero-order chi connectivity index (χ0) is 46.0. The Balaban J connectivity index is -0.0000000711. The van der Waals surface area contributed by atoms with Crippen molar-refractivity contribution in [2.75, 3.05) is 0 Å². The topological polar surface area (TPSA) is 0 Å². The van der Waals surface area contributed by atoms with Crippen LogP contribution in [0.3, 0.4) is 0 Å². The third-order valence-electron chi connectivity index (χ3n) is 11.2. The van der Waals surface area contributed by atoms with E-state index in [9.17, 15) is 0 Å². The van der Waals surface area contributed by atoms with E-state index < -0.39 is 0 Å². The van der Waals surface area contributed by atoms with Crippen molar-refractivity contribution in [1.82, 2.24) is 0 Å². The Bertz CT molecular complexity index is 952. The number of hydrogen-bond donors (Lipinski definition) is 0. The maximum atomic E-state index is 2.35. The zero-order valence-electron chi connectivity index (χ0n) is 43.9. The van der Waals surface area contributed by atoms with Crippen molar-refractivity contribution in [3.05, 3.63) is 108 Å². The van der Waals surface area contributed by atoms with E-state index in [1.807, 2.05) is 73.6 Å². The summed E-state index contributed by atoms with van der Waals surface area (Å²) in [6.45, 7) is 50.0. The normalized spacial score (nSPS) is 9.20. The largest absolute Gasteiger partial charge is 0.0776 e. The van der Waals surface area contributed by atoms with Crippen LogP contribution < -0.4 is 0 Å². The van der Waals surface area contributed by atoms with Gasteiger partial charge in [0.15, 0.2) is 0 Å². The summed E-state index contributed by atoms with van der Waals surface area (Å²) in [5, 5.41) is 0. The molecule has 0 saturated carbocycles. The number of rotatable bonds is 13. The van der Waals surface area contributed by atoms with Crippen molar-refractivity contribution in [2.24, 2.45) is 16.2 Å². The molecule has 0 saturated heterocycles. The third-order valence-corrected chi connectivity index (χ3v) is 11.2. The molecular formula is C59H118. The van der Waals surface area contributed by atoms with Gasteiger partial charge >= 0.3 is 0 Å². The third kappa shape index (κ3) is 53.6. The maximum Gasteiger partial charge on any atom is -0.00258 e. The van der Waals surface area contributed by atoms with Gasteiger partial charge in [-0.05, 0) is 40.7 Å². The van der Waals surface area contributed by atoms with Gasteiger partial charge in [0.05, 0.1) is 0 Å². The summed E-state index contributed by atoms with van der Waals surface area (Å²) in [5.41, 5.74) is 5.94. The summed E-state index contributed by atoms with van der Waals surface area (Å²) in [6, 6.07) is 31.3. The number of unbranched alkanes of at least 4 members (excludes halogenated alkanes) is 2. The molecule has 0 nitrogen and oxygen atoms in total. The van der Waals surface area contributed by atoms with Gasteiger partial charge in [-0.15, -0.1) is 0 Å². The van der Waals surface area contributed by atoms with Crippen LogP contribution in [0.2, 0.25) is 0 Å². The molecule has 0 heterocycles. The Hall–Kier alpha value is -2.34. The Morgan fingerprint density at radius 3 is 0.712 bits per heavy atom. The summed E-state index contributed by atoms with van der Waals surface area (Å²) in [6.07, 6.45) is 17.0. The summed E-state index contributed by atoms with van der Waals surface area (Å²) in [5.74, 6) is 0. The van der Waals surface area contributed by atoms with E-state index in [2.05, 4.69) is 177 Å². The molecule has 3 aromatic rings. The minimum Gasteiger partial charge on any atom is -0.0776 e. The smallest absolute Gasteiger partial charge is 0.00258 e. The first-order valence-corrected chi connectivity index (χ1v) is 24.4. The van der Waals surface area contributed by atoms with Crippen LogP contribution in [0.15, 0.2) is 91.0 Å². The van der Waals surface area contributed by atoms with Gasteiger partial charge in [0.1, 0.15) is 0 Å². The molecule has 354 valence electrons. The van der Waals surface area contributed by atoms with Crippen LogP contribution in [0.25, 0.3) is 0 Å². The first-order chi connectivity index (χ1) is 27.3. The average molecular weight is 828 g/mol. The molecule has 59 heavy (non-hydrogen) atoms. The van der Waals surface area contributed by atoms with Gasteiger partial charge in [0.2, 0.25) is 0 Å². The molecule has 0 amide bonds. The van der Waals surface area contributed by atoms with E-state index in [1.165, 1.54) is 93.7 Å². The fourth-order valence-electron chi connectivity index (χ4n) is 4.82. The van der Waals surface area contributed by atoms with Gasteiger partial charge in [0.25, 0.3) is 0 Å². The van der Waals surface area contributed by atoms with Gasteiger partial charge in [0, 0.05) is 0 Å². The fraction of sp³-hybridized carbons (Fsp3) is 0.695. The lowest BCUT2D eigenvalue weighted by atomic mass is 9.78. The van der Waals surface area contributed by atoms with E-state index in [-0.39, 0.29) is 14.9 Å². The van der Waals surface area contributed by atoms with Crippen molar-refractivity contribution in [3.8, 4) is 0 Å². The van der Waals surface area contributed by atoms with Crippen molar-refractivity contribution in [2.45, 2.75) is 258 Å². The minimum absolute atomic E-state index is 0. The molecule has 0 bridgehead atoms. The molecule has 0 unspecified atom stereocenters. The predicted molar refractivity (Wildman–Crippen MR) is 288 cm³/mol. The van der Waals surface area contributed by atoms with Crippen LogP contribution in [0.1, 0.15) is 261 Å². The van der Waals surface area contributed by atoms with Crippen molar-refractivity contribution in [1.29, 1.82) is 0 Å². The second-order valence-electron chi connectivity index (χ2n) is 14.8. The van der Waals surface area contributed by atoms with E-state index in [0.29, 0.717) is 16.2 Å². The Labute approximate surface area is 380 Å². The van der Waals surface area contributed by atoms with Crippen LogP contribution in [0, 0.1) is 23.2 Å². The van der Waals surface area contributed by atoms with Crippen molar-refractivity contribution < 1.29 is 0 Å². The SMILES string of the molecule is C.C.CC.CC.CC.CC.CCC(C)(C)CC.CCC(C)(CC)CC.CCC(CC)(CC)CC.CCCCC.Cc1ccccc1.c1ccc(Cc2ccccc2)cc1. The van der Waals surface area contributed by atoms with Crippen molar-refractivity contribution in [3.63, 3.8) is 0 Å². The fourth-order valence-corrected chi connectivity index (χ4v) is 4.82. The Morgan fingerprint density at radius 1 is 0.356 bits per heavy atom. The maximum absolute atomic E-state index is 2.35. The first kappa shape index (κ1) is 77.3. The first-order valence-electron chi connectivity index (χ1n) is 24.4. The van der Waals surface area contributed by atoms with Crippen LogP contribution in [-0.2, 0) is 6.42 Å². The molecule has 0 aromatic heterocycles. The average Bonchev–Trinajstić information content (AvgIpc) is 3.29. The monoisotopic (exact) mass is 827 g/mol. The molecule has 0 aliphatic carbocycles. The molecular weight excluding hydrogens is 709 g/mol. The van der Waals surface area contributed by atoms with Gasteiger partial charge in [-0.1, -0.05) is 341 Å². The highest BCUT2D eigenvalue weighted by Gasteiger charge is 2.20. The van der Waals surface area contributed by atoms with E-state index >= 15 is 0 Å². The van der Waals surface area contributed by atoms with Gasteiger partial charge in [-0.2, -0.15) is 0 Å². The standard InChI is InChI=1S/C13H12.C9H20.C8H18.C7H8.C7H16.C5H12.4C2H6.2CH4/c1-3-7-12(8-4-1)11-13-9-5-2-6-10-13;1-5-9(6-2,7-3)8-4;1-5-8(4,6-2)7-3;1-7-5-3-2-4-6-7;1-5-7(3,4)6-2;1-3-5-4-2;4*1-2;;/h1-10H,11H2;5-8H2,1-4H3;5-7H2,1-4H3;2-6H,1H3;5-6H2,1-4H3;3-5H2,1-2H3;4*1-2H3;2*1H4. The van der Waals surface area contributed by atoms with Gasteiger partial charge in [-0.25, -0.2) is 0 Å². The number of hydrogen-bond acceptors (Lipinski definition) is 0. The van der Waals surface area contributed by atoms with Gasteiger partial charge in [-0.3, -0.25) is 0 Å². The highest BCUT2D eigenvalue weighted by atomic mass is 14.3. The van der Waals surface area contributed by atoms with Crippen LogP contribution >= 0.6 is 0 Å². The van der Waals surface area contributed by atoms with Crippen LogP contribution in [0.5, 0.6) is 0 Å². The summed E-state index contributed by atoms with van der Waals surface area (Å²) in [4.78, 5) is 0. The van der Waals surface area contributed by atoms with Crippen LogP contribution in [0.4, 0.5) is 0 Å². The van der Waals surface area contributed by atoms with Crippen molar-refractivity contribution >= 4 is 0 Å². The molecule has 0 atom stereocenters. The molecule has 0 fully saturated rings. The van der Waals surface area contributed by atoms with Gasteiger partial charge < -0.3 is 0 Å². The summed E-state index contributed by atoms with van der Waals surface area (Å²) in [7, 11) is 0. The highest BCUT2D eigenvalue weighted by molar-refractivity contribution is 5.25. The van der Waals surface area contributed by atoms with E-state index in [0.717, 1.165) is 6.42 Å². The molecule has 3 rings (SSSR count). The number of benzene rings is 3. The Kier molecular flexibility index (Phi) is 78.5. The molecule has 0 heteroatoms. The lowest BCUT2D eigenvalue weighted by Crippen LogP contribution is -2.15.